The van der Waals surface area contributed by atoms with E-state index < -0.39 is 0 Å². The summed E-state index contributed by atoms with van der Waals surface area (Å²) < 4.78 is 3.81. The molecule has 2 amide bonds. The molecule has 8 rings (SSSR count). The van der Waals surface area contributed by atoms with Gasteiger partial charge in [-0.2, -0.15) is 10.4 Å². The van der Waals surface area contributed by atoms with Gasteiger partial charge in [-0.25, -0.2) is 9.36 Å². The minimum atomic E-state index is -0.0462. The van der Waals surface area contributed by atoms with Crippen LogP contribution in [0.3, 0.4) is 0 Å². The van der Waals surface area contributed by atoms with Crippen LogP contribution in [0, 0.1) is 9.54 Å². The quantitative estimate of drug-likeness (QED) is 0.0743. The van der Waals surface area contributed by atoms with Gasteiger partial charge < -0.3 is 20.4 Å². The maximum atomic E-state index is 13.1. The molecule has 4 aromatic carbocycles. The van der Waals surface area contributed by atoms with E-state index in [0.717, 1.165) is 37.3 Å². The predicted octanol–water partition coefficient (Wildman–Crippen LogP) is 8.21. The molecule has 2 aromatic heterocycles. The number of tetrazole rings is 2. The Morgan fingerprint density at radius 3 is 1.52 bits per heavy atom. The Kier molecular flexibility index (Phi) is 12.6. The highest BCUT2D eigenvalue weighted by Gasteiger charge is 2.32. The second-order valence-corrected chi connectivity index (χ2v) is 16.2. The molecule has 0 fully saturated rings. The lowest BCUT2D eigenvalue weighted by Gasteiger charge is -2.37. The molecule has 2 aliphatic rings. The second kappa shape index (κ2) is 18.5. The average molecular weight is 843 g/mol. The molecule has 4 N–H and O–H groups in total. The first kappa shape index (κ1) is 40.8. The van der Waals surface area contributed by atoms with Crippen molar-refractivity contribution in [2.24, 2.45) is 0 Å². The molecule has 0 radical (unpaired) electrons. The maximum absolute atomic E-state index is 13.1. The van der Waals surface area contributed by atoms with Crippen LogP contribution in [0.15, 0.2) is 84.9 Å². The lowest BCUT2D eigenvalue weighted by atomic mass is 9.68. The van der Waals surface area contributed by atoms with Crippen molar-refractivity contribution in [2.75, 3.05) is 46.6 Å². The number of fused-ring (bicyclic) bond motifs is 2. The zero-order chi connectivity index (χ0) is 41.6. The second-order valence-electron chi connectivity index (χ2n) is 15.5. The molecule has 6 aromatic rings. The van der Waals surface area contributed by atoms with Crippen LogP contribution in [0.5, 0.6) is 0 Å². The Balaban J connectivity index is 0.893. The van der Waals surface area contributed by atoms with Crippen molar-refractivity contribution in [3.05, 3.63) is 117 Å². The van der Waals surface area contributed by atoms with Gasteiger partial charge in [0.15, 0.2) is 0 Å². The fourth-order valence-electron chi connectivity index (χ4n) is 8.94. The molecule has 2 unspecified atom stereocenters. The number of aromatic nitrogens is 8. The number of hydrogen-bond acceptors (Lipinski definition) is 10. The number of anilines is 4. The van der Waals surface area contributed by atoms with Crippen LogP contribution in [0.2, 0.25) is 0 Å². The smallest absolute Gasteiger partial charge is 0.242 e. The largest absolute Gasteiger partial charge is 0.371 e. The first-order valence-electron chi connectivity index (χ1n) is 20.8. The zero-order valence-corrected chi connectivity index (χ0v) is 35.6. The van der Waals surface area contributed by atoms with Crippen molar-refractivity contribution >= 4 is 59.0 Å². The Bertz CT molecular complexity index is 2420. The fraction of sp³-hybridized carbons (Fsp3) is 0.364. The number of aromatic amines is 2. The van der Waals surface area contributed by atoms with Crippen molar-refractivity contribution < 1.29 is 9.59 Å². The van der Waals surface area contributed by atoms with Crippen LogP contribution < -0.4 is 20.4 Å². The number of nitrogens with zero attached hydrogens (tertiary/aromatic N) is 8. The third-order valence-electron chi connectivity index (χ3n) is 11.9. The molecular weight excluding hydrogens is 793 g/mol. The minimum Gasteiger partial charge on any atom is -0.371 e. The van der Waals surface area contributed by atoms with Crippen LogP contribution in [0.4, 0.5) is 22.7 Å². The van der Waals surface area contributed by atoms with Crippen molar-refractivity contribution in [3.63, 3.8) is 0 Å². The average Bonchev–Trinajstić information content (AvgIpc) is 3.91. The summed E-state index contributed by atoms with van der Waals surface area (Å²) in [5.74, 6) is 0.856. The highest BCUT2D eigenvalue weighted by Crippen LogP contribution is 2.48. The summed E-state index contributed by atoms with van der Waals surface area (Å²) in [7, 11) is 0. The zero-order valence-electron chi connectivity index (χ0n) is 33.9. The Labute approximate surface area is 359 Å². The molecule has 14 nitrogen and oxygen atoms in total. The first-order valence-corrected chi connectivity index (χ1v) is 21.7. The number of carbonyl (C=O) groups excluding carboxylic acids is 2. The summed E-state index contributed by atoms with van der Waals surface area (Å²) in [6, 6.07) is 28.9. The summed E-state index contributed by atoms with van der Waals surface area (Å²) in [5, 5.41) is 26.8. The lowest BCUT2D eigenvalue weighted by Crippen LogP contribution is -2.28. The maximum Gasteiger partial charge on any atom is 0.242 e. The van der Waals surface area contributed by atoms with Gasteiger partial charge >= 0.3 is 0 Å². The summed E-state index contributed by atoms with van der Waals surface area (Å²) in [6.45, 7) is 7.14. The van der Waals surface area contributed by atoms with E-state index in [0.29, 0.717) is 58.7 Å². The number of rotatable bonds is 15. The molecule has 0 saturated carbocycles. The van der Waals surface area contributed by atoms with Gasteiger partial charge in [-0.15, -0.1) is 0 Å². The van der Waals surface area contributed by atoms with Gasteiger partial charge in [0.05, 0.1) is 11.4 Å². The van der Waals surface area contributed by atoms with Crippen molar-refractivity contribution in [3.8, 4) is 11.4 Å². The van der Waals surface area contributed by atoms with Crippen LogP contribution in [0.25, 0.3) is 11.4 Å². The molecule has 0 aliphatic heterocycles. The number of hydrogen-bond donors (Lipinski definition) is 4. The van der Waals surface area contributed by atoms with Crippen LogP contribution in [-0.2, 0) is 22.4 Å². The number of nitrogens with one attached hydrogen (secondary N) is 4. The SMILES string of the molecule is CCN(CCC(=O)Nc1cccc(-n2[nH]nnc2=S)c1)c1ccc2c(c1)CCCC2C1CCCc2cc(N(CC)CCC(=O)Nc3cccc(-n4[nH]nnc4=S)c3)ccc21. The topological polar surface area (TPSA) is 158 Å². The number of benzene rings is 4. The van der Waals surface area contributed by atoms with E-state index in [4.69, 9.17) is 24.4 Å². The van der Waals surface area contributed by atoms with E-state index in [1.54, 1.807) is 9.36 Å². The Morgan fingerprint density at radius 1 is 0.667 bits per heavy atom. The number of aryl methyl sites for hydroxylation is 2. The first-order chi connectivity index (χ1) is 29.3. The molecule has 2 atom stereocenters. The number of amides is 2. The molecule has 2 aliphatic carbocycles. The summed E-state index contributed by atoms with van der Waals surface area (Å²) in [6.07, 6.45) is 7.58. The van der Waals surface area contributed by atoms with Crippen molar-refractivity contribution in [1.29, 1.82) is 0 Å². The molecule has 0 saturated heterocycles. The lowest BCUT2D eigenvalue weighted by molar-refractivity contribution is -0.116. The molecule has 60 heavy (non-hydrogen) atoms. The van der Waals surface area contributed by atoms with Gasteiger partial charge in [-0.3, -0.25) is 9.59 Å². The van der Waals surface area contributed by atoms with Crippen molar-refractivity contribution in [2.45, 2.75) is 77.0 Å². The minimum absolute atomic E-state index is 0.0462. The molecule has 0 bridgehead atoms. The van der Waals surface area contributed by atoms with E-state index in [9.17, 15) is 9.59 Å². The Hall–Kier alpha value is -6.00. The number of carbonyl (C=O) groups is 2. The molecule has 16 heteroatoms. The van der Waals surface area contributed by atoms with Gasteiger partial charge in [0.25, 0.3) is 0 Å². The molecule has 2 heterocycles. The highest BCUT2D eigenvalue weighted by atomic mass is 32.1. The van der Waals surface area contributed by atoms with Gasteiger partial charge in [0, 0.05) is 61.8 Å². The highest BCUT2D eigenvalue weighted by molar-refractivity contribution is 7.71. The monoisotopic (exact) mass is 842 g/mol. The van der Waals surface area contributed by atoms with Crippen LogP contribution in [-0.4, -0.2) is 78.4 Å². The van der Waals surface area contributed by atoms with Crippen LogP contribution >= 0.6 is 24.4 Å². The summed E-state index contributed by atoms with van der Waals surface area (Å²) >= 11 is 10.4. The third kappa shape index (κ3) is 9.09. The van der Waals surface area contributed by atoms with E-state index in [1.807, 2.05) is 48.5 Å². The van der Waals surface area contributed by atoms with E-state index >= 15 is 0 Å². The predicted molar refractivity (Wildman–Crippen MR) is 240 cm³/mol. The van der Waals surface area contributed by atoms with Gasteiger partial charge in [-0.1, -0.05) is 44.9 Å². The fourth-order valence-corrected chi connectivity index (χ4v) is 9.32. The van der Waals surface area contributed by atoms with Gasteiger partial charge in [0.1, 0.15) is 0 Å². The standard InChI is InChI=1S/C44H50N12O2S2/c1-3-53(23-21-41(57)45-31-11-7-13-35(27-31)55-43(59)47-49-51-55)33-17-19-37-29(25-33)9-5-15-39(37)40-16-6-10-30-26-34(18-20-38(30)40)54(4-2)24-22-42(58)46-32-12-8-14-36(28-32)56-44(60)48-50-52-56/h7-8,11-14,17-20,25-28,39-40H,3-6,9-10,15-16,21-24H2,1-2H3,(H,45,57)(H,46,58)(H,47,51,59)(H,48,52,60). The summed E-state index contributed by atoms with van der Waals surface area (Å²) in [4.78, 5) is 30.8. The molecule has 0 spiro atoms. The summed E-state index contributed by atoms with van der Waals surface area (Å²) in [5.41, 5.74) is 11.0. The molecule has 310 valence electrons. The van der Waals surface area contributed by atoms with E-state index in [2.05, 4.69) is 102 Å². The number of H-pyrrole nitrogens is 2. The van der Waals surface area contributed by atoms with Crippen molar-refractivity contribution in [1.82, 2.24) is 40.4 Å². The van der Waals surface area contributed by atoms with E-state index in [1.165, 1.54) is 59.3 Å². The Morgan fingerprint density at radius 2 is 1.12 bits per heavy atom. The van der Waals surface area contributed by atoms with Gasteiger partial charge in [0.2, 0.25) is 21.4 Å². The third-order valence-corrected chi connectivity index (χ3v) is 12.4. The normalized spacial score (nSPS) is 15.8. The van der Waals surface area contributed by atoms with Crippen LogP contribution in [0.1, 0.15) is 86.5 Å². The van der Waals surface area contributed by atoms with Gasteiger partial charge in [-0.05, 0) is 172 Å². The van der Waals surface area contributed by atoms with E-state index in [-0.39, 0.29) is 11.8 Å². The molecular formula is C44H50N12O2S2.